The van der Waals surface area contributed by atoms with Crippen molar-refractivity contribution in [2.45, 2.75) is 12.5 Å². The molecule has 0 aliphatic heterocycles. The first-order chi connectivity index (χ1) is 9.10. The summed E-state index contributed by atoms with van der Waals surface area (Å²) in [5.74, 6) is 0.428. The van der Waals surface area contributed by atoms with Gasteiger partial charge in [0.25, 0.3) is 0 Å². The highest BCUT2D eigenvalue weighted by molar-refractivity contribution is 6.31. The number of hydrogen-bond donors (Lipinski definition) is 1. The molecule has 1 unspecified atom stereocenters. The molecule has 0 amide bonds. The molecule has 0 bridgehead atoms. The topological polar surface area (TPSA) is 35.2 Å². The number of nitrogens with two attached hydrogens (primary N) is 1. The van der Waals surface area contributed by atoms with Crippen LogP contribution in [0.5, 0.6) is 5.75 Å². The Kier molecular flexibility index (Phi) is 4.40. The van der Waals surface area contributed by atoms with Crippen molar-refractivity contribution in [2.75, 3.05) is 7.11 Å². The summed E-state index contributed by atoms with van der Waals surface area (Å²) in [6, 6.07) is 11.7. The van der Waals surface area contributed by atoms with Gasteiger partial charge in [-0.15, -0.1) is 0 Å². The minimum Gasteiger partial charge on any atom is -0.497 e. The van der Waals surface area contributed by atoms with Crippen LogP contribution < -0.4 is 10.5 Å². The average molecular weight is 280 g/mol. The van der Waals surface area contributed by atoms with Crippen LogP contribution in [-0.2, 0) is 6.42 Å². The lowest BCUT2D eigenvalue weighted by molar-refractivity contribution is 0.414. The highest BCUT2D eigenvalue weighted by atomic mass is 35.5. The van der Waals surface area contributed by atoms with E-state index in [-0.39, 0.29) is 11.9 Å². The van der Waals surface area contributed by atoms with Crippen LogP contribution in [0.15, 0.2) is 42.5 Å². The van der Waals surface area contributed by atoms with Crippen LogP contribution in [0.4, 0.5) is 4.39 Å². The van der Waals surface area contributed by atoms with Gasteiger partial charge in [0.2, 0.25) is 0 Å². The van der Waals surface area contributed by atoms with Crippen molar-refractivity contribution in [3.63, 3.8) is 0 Å². The predicted molar refractivity (Wildman–Crippen MR) is 75.0 cm³/mol. The molecular weight excluding hydrogens is 265 g/mol. The van der Waals surface area contributed by atoms with Crippen LogP contribution in [0.3, 0.4) is 0 Å². The van der Waals surface area contributed by atoms with Crippen molar-refractivity contribution in [1.29, 1.82) is 0 Å². The molecule has 0 saturated carbocycles. The Balaban J connectivity index is 2.17. The van der Waals surface area contributed by atoms with Crippen molar-refractivity contribution in [1.82, 2.24) is 0 Å². The fourth-order valence-corrected chi connectivity index (χ4v) is 2.27. The third-order valence-corrected chi connectivity index (χ3v) is 3.28. The molecule has 2 rings (SSSR count). The Bertz CT molecular complexity index is 574. The second-order valence-corrected chi connectivity index (χ2v) is 4.74. The van der Waals surface area contributed by atoms with Crippen molar-refractivity contribution >= 4 is 11.6 Å². The number of rotatable bonds is 4. The van der Waals surface area contributed by atoms with E-state index < -0.39 is 0 Å². The largest absolute Gasteiger partial charge is 0.497 e. The third kappa shape index (κ3) is 3.46. The summed E-state index contributed by atoms with van der Waals surface area (Å²) in [4.78, 5) is 0. The van der Waals surface area contributed by atoms with E-state index in [2.05, 4.69) is 0 Å². The van der Waals surface area contributed by atoms with Crippen LogP contribution in [0.25, 0.3) is 0 Å². The SMILES string of the molecule is COc1cccc(CC(N)c2ccc(F)cc2Cl)c1. The fraction of sp³-hybridized carbons (Fsp3) is 0.200. The molecule has 0 aliphatic rings. The number of hydrogen-bond acceptors (Lipinski definition) is 2. The Hall–Kier alpha value is -1.58. The Morgan fingerprint density at radius 3 is 2.74 bits per heavy atom. The summed E-state index contributed by atoms with van der Waals surface area (Å²) in [7, 11) is 1.62. The monoisotopic (exact) mass is 279 g/mol. The standard InChI is InChI=1S/C15H15ClFNO/c1-19-12-4-2-3-10(7-12)8-15(18)13-6-5-11(17)9-14(13)16/h2-7,9,15H,8,18H2,1H3. The van der Waals surface area contributed by atoms with Crippen LogP contribution in [-0.4, -0.2) is 7.11 Å². The average Bonchev–Trinajstić information content (AvgIpc) is 2.38. The lowest BCUT2D eigenvalue weighted by Gasteiger charge is -2.14. The van der Waals surface area contributed by atoms with Crippen molar-refractivity contribution < 1.29 is 9.13 Å². The van der Waals surface area contributed by atoms with Crippen molar-refractivity contribution in [2.24, 2.45) is 5.73 Å². The number of benzene rings is 2. The molecule has 0 saturated heterocycles. The predicted octanol–water partition coefficient (Wildman–Crippen LogP) is 3.73. The summed E-state index contributed by atoms with van der Waals surface area (Å²) in [5.41, 5.74) is 7.91. The van der Waals surface area contributed by atoms with Gasteiger partial charge >= 0.3 is 0 Å². The van der Waals surface area contributed by atoms with Gasteiger partial charge in [0.05, 0.1) is 7.11 Å². The molecule has 2 aromatic carbocycles. The molecule has 0 spiro atoms. The third-order valence-electron chi connectivity index (χ3n) is 2.95. The lowest BCUT2D eigenvalue weighted by Crippen LogP contribution is -2.14. The normalized spacial score (nSPS) is 12.2. The van der Waals surface area contributed by atoms with Gasteiger partial charge in [-0.2, -0.15) is 0 Å². The van der Waals surface area contributed by atoms with E-state index in [1.54, 1.807) is 13.2 Å². The van der Waals surface area contributed by atoms with Gasteiger partial charge in [0, 0.05) is 11.1 Å². The molecule has 0 radical (unpaired) electrons. The fourth-order valence-electron chi connectivity index (χ4n) is 1.97. The van der Waals surface area contributed by atoms with Gasteiger partial charge in [-0.3, -0.25) is 0 Å². The van der Waals surface area contributed by atoms with Crippen molar-refractivity contribution in [3.05, 3.63) is 64.4 Å². The summed E-state index contributed by atoms with van der Waals surface area (Å²) in [5, 5.41) is 0.357. The molecule has 0 aromatic heterocycles. The summed E-state index contributed by atoms with van der Waals surface area (Å²) >= 11 is 6.00. The highest BCUT2D eigenvalue weighted by Crippen LogP contribution is 2.25. The van der Waals surface area contributed by atoms with Gasteiger partial charge in [0.1, 0.15) is 11.6 Å². The maximum absolute atomic E-state index is 13.0. The van der Waals surface area contributed by atoms with Crippen LogP contribution in [0.2, 0.25) is 5.02 Å². The first-order valence-corrected chi connectivity index (χ1v) is 6.31. The molecule has 2 nitrogen and oxygen atoms in total. The molecule has 19 heavy (non-hydrogen) atoms. The number of ether oxygens (including phenoxy) is 1. The van der Waals surface area contributed by atoms with Gasteiger partial charge in [-0.1, -0.05) is 29.8 Å². The Morgan fingerprint density at radius 1 is 1.26 bits per heavy atom. The zero-order valence-corrected chi connectivity index (χ0v) is 11.3. The Labute approximate surface area is 117 Å². The van der Waals surface area contributed by atoms with E-state index in [0.29, 0.717) is 11.4 Å². The first-order valence-electron chi connectivity index (χ1n) is 5.93. The minimum atomic E-state index is -0.359. The van der Waals surface area contributed by atoms with Crippen molar-refractivity contribution in [3.8, 4) is 5.75 Å². The zero-order valence-electron chi connectivity index (χ0n) is 10.6. The van der Waals surface area contributed by atoms with Crippen LogP contribution in [0, 0.1) is 5.82 Å². The molecule has 4 heteroatoms. The molecule has 100 valence electrons. The number of halogens is 2. The molecule has 0 fully saturated rings. The van der Waals surface area contributed by atoms with Crippen LogP contribution in [0.1, 0.15) is 17.2 Å². The maximum atomic E-state index is 13.0. The van der Waals surface area contributed by atoms with Crippen LogP contribution >= 0.6 is 11.6 Å². The quantitative estimate of drug-likeness (QED) is 0.925. The zero-order chi connectivity index (χ0) is 13.8. The van der Waals surface area contributed by atoms with E-state index in [0.717, 1.165) is 16.9 Å². The van der Waals surface area contributed by atoms with E-state index in [4.69, 9.17) is 22.1 Å². The summed E-state index contributed by atoms with van der Waals surface area (Å²) in [6.07, 6.45) is 0.614. The first kappa shape index (κ1) is 13.8. The molecule has 0 aliphatic carbocycles. The maximum Gasteiger partial charge on any atom is 0.124 e. The van der Waals surface area contributed by atoms with Gasteiger partial charge in [-0.05, 0) is 41.8 Å². The minimum absolute atomic E-state index is 0.278. The van der Waals surface area contributed by atoms with E-state index >= 15 is 0 Å². The van der Waals surface area contributed by atoms with E-state index in [1.807, 2.05) is 24.3 Å². The molecule has 0 heterocycles. The van der Waals surface area contributed by atoms with Gasteiger partial charge in [-0.25, -0.2) is 4.39 Å². The lowest BCUT2D eigenvalue weighted by atomic mass is 9.99. The van der Waals surface area contributed by atoms with E-state index in [1.165, 1.54) is 12.1 Å². The summed E-state index contributed by atoms with van der Waals surface area (Å²) < 4.78 is 18.2. The highest BCUT2D eigenvalue weighted by Gasteiger charge is 2.12. The summed E-state index contributed by atoms with van der Waals surface area (Å²) in [6.45, 7) is 0. The molecular formula is C15H15ClFNO. The van der Waals surface area contributed by atoms with E-state index in [9.17, 15) is 4.39 Å². The number of methoxy groups -OCH3 is 1. The van der Waals surface area contributed by atoms with Gasteiger partial charge in [0.15, 0.2) is 0 Å². The van der Waals surface area contributed by atoms with Gasteiger partial charge < -0.3 is 10.5 Å². The smallest absolute Gasteiger partial charge is 0.124 e. The molecule has 1 atom stereocenters. The Morgan fingerprint density at radius 2 is 2.05 bits per heavy atom. The molecule has 2 N–H and O–H groups in total. The second-order valence-electron chi connectivity index (χ2n) is 4.33. The second kappa shape index (κ2) is 6.04. The molecule has 2 aromatic rings.